The Hall–Kier alpha value is -1.57. The Morgan fingerprint density at radius 1 is 1.20 bits per heavy atom. The Kier molecular flexibility index (Phi) is 7.82. The number of aromatic hydroxyl groups is 1. The van der Waals surface area contributed by atoms with Crippen LogP contribution in [0.3, 0.4) is 0 Å². The van der Waals surface area contributed by atoms with Crippen molar-refractivity contribution in [3.63, 3.8) is 0 Å². The lowest BCUT2D eigenvalue weighted by Gasteiger charge is -2.26. The van der Waals surface area contributed by atoms with Crippen LogP contribution >= 0.6 is 44.1 Å². The van der Waals surface area contributed by atoms with Gasteiger partial charge >= 0.3 is 0 Å². The second-order valence-electron chi connectivity index (χ2n) is 6.19. The maximum absolute atomic E-state index is 12.6. The first-order valence-corrected chi connectivity index (χ1v) is 12.2. The van der Waals surface area contributed by atoms with E-state index in [1.807, 2.05) is 0 Å². The topological polar surface area (TPSA) is 103 Å². The first kappa shape index (κ1) is 23.1. The van der Waals surface area contributed by atoms with Crippen LogP contribution in [0.2, 0.25) is 0 Å². The number of ether oxygens (including phenoxy) is 1. The van der Waals surface area contributed by atoms with Crippen molar-refractivity contribution in [1.29, 1.82) is 0 Å². The summed E-state index contributed by atoms with van der Waals surface area (Å²) in [4.78, 5) is 0.211. The second kappa shape index (κ2) is 10.2. The molecule has 1 aliphatic rings. The molecule has 0 radical (unpaired) electrons. The summed E-state index contributed by atoms with van der Waals surface area (Å²) in [5.41, 5.74) is 3.75. The molecule has 30 heavy (non-hydrogen) atoms. The zero-order chi connectivity index (χ0) is 21.7. The van der Waals surface area contributed by atoms with E-state index in [0.717, 1.165) is 4.47 Å². The first-order chi connectivity index (χ1) is 14.3. The maximum Gasteiger partial charge on any atom is 0.243 e. The van der Waals surface area contributed by atoms with E-state index in [1.54, 1.807) is 24.3 Å². The number of sulfonamides is 1. The second-order valence-corrected chi connectivity index (χ2v) is 10.3. The Morgan fingerprint density at radius 2 is 1.87 bits per heavy atom. The summed E-state index contributed by atoms with van der Waals surface area (Å²) in [6, 6.07) is 9.72. The van der Waals surface area contributed by atoms with Gasteiger partial charge in [-0.3, -0.25) is 5.43 Å². The third kappa shape index (κ3) is 5.77. The smallest absolute Gasteiger partial charge is 0.243 e. The van der Waals surface area contributed by atoms with Crippen molar-refractivity contribution in [3.8, 4) is 5.75 Å². The van der Waals surface area contributed by atoms with E-state index < -0.39 is 10.0 Å². The third-order valence-electron chi connectivity index (χ3n) is 4.15. The number of hydrogen-bond acceptors (Lipinski definition) is 6. The summed E-state index contributed by atoms with van der Waals surface area (Å²) in [5.74, 6) is 0.0553. The Balaban J connectivity index is 1.59. The highest BCUT2D eigenvalue weighted by Gasteiger charge is 2.26. The fraction of sp³-hybridized carbons (Fsp3) is 0.222. The van der Waals surface area contributed by atoms with Gasteiger partial charge in [0.25, 0.3) is 0 Å². The summed E-state index contributed by atoms with van der Waals surface area (Å²) in [6.07, 6.45) is 1.43. The standard InChI is InChI=1S/C18H18Br2N4O4S2/c19-13-9-12(17(25)16(20)10-13)11-21-23-18(29)22-14-1-3-15(4-2-14)30(26,27)24-5-7-28-8-6-24/h1-4,9-11,25H,5-8H2,(H2,22,23,29)/b21-11-. The number of hydrogen-bond donors (Lipinski definition) is 3. The van der Waals surface area contributed by atoms with Gasteiger partial charge in [0.05, 0.1) is 28.8 Å². The number of anilines is 1. The van der Waals surface area contributed by atoms with E-state index in [-0.39, 0.29) is 15.8 Å². The van der Waals surface area contributed by atoms with Crippen molar-refractivity contribution >= 4 is 71.1 Å². The SMILES string of the molecule is O=S(=O)(c1ccc(NC(=S)N/N=C\c2cc(Br)cc(Br)c2O)cc1)N1CCOCC1. The van der Waals surface area contributed by atoms with E-state index >= 15 is 0 Å². The molecule has 0 unspecified atom stereocenters. The highest BCUT2D eigenvalue weighted by Crippen LogP contribution is 2.30. The molecule has 12 heteroatoms. The number of rotatable bonds is 5. The van der Waals surface area contributed by atoms with Crippen LogP contribution in [0.5, 0.6) is 5.75 Å². The molecule has 1 aliphatic heterocycles. The Labute approximate surface area is 196 Å². The molecular formula is C18H18Br2N4O4S2. The molecule has 0 saturated carbocycles. The van der Waals surface area contributed by atoms with E-state index in [9.17, 15) is 13.5 Å². The number of halogens is 2. The largest absolute Gasteiger partial charge is 0.506 e. The van der Waals surface area contributed by atoms with Crippen LogP contribution in [-0.4, -0.2) is 55.5 Å². The average molecular weight is 578 g/mol. The lowest BCUT2D eigenvalue weighted by Crippen LogP contribution is -2.40. The van der Waals surface area contributed by atoms with Gasteiger partial charge in [0.1, 0.15) is 5.75 Å². The van der Waals surface area contributed by atoms with Gasteiger partial charge in [-0.1, -0.05) is 15.9 Å². The zero-order valence-electron chi connectivity index (χ0n) is 15.5. The fourth-order valence-electron chi connectivity index (χ4n) is 2.65. The lowest BCUT2D eigenvalue weighted by atomic mass is 10.2. The first-order valence-electron chi connectivity index (χ1n) is 8.73. The number of morpholine rings is 1. The lowest BCUT2D eigenvalue weighted by molar-refractivity contribution is 0.0730. The number of thiocarbonyl (C=S) groups is 1. The van der Waals surface area contributed by atoms with Crippen LogP contribution < -0.4 is 10.7 Å². The van der Waals surface area contributed by atoms with Crippen LogP contribution in [0.1, 0.15) is 5.56 Å². The van der Waals surface area contributed by atoms with E-state index in [0.29, 0.717) is 42.0 Å². The van der Waals surface area contributed by atoms with Gasteiger partial charge < -0.3 is 15.2 Å². The summed E-state index contributed by atoms with van der Waals surface area (Å²) < 4.78 is 33.2. The Morgan fingerprint density at radius 3 is 2.53 bits per heavy atom. The van der Waals surface area contributed by atoms with Gasteiger partial charge in [0, 0.05) is 28.8 Å². The van der Waals surface area contributed by atoms with Gasteiger partial charge in [-0.15, -0.1) is 0 Å². The van der Waals surface area contributed by atoms with Crippen molar-refractivity contribution in [2.75, 3.05) is 31.6 Å². The van der Waals surface area contributed by atoms with Crippen molar-refractivity contribution in [2.45, 2.75) is 4.90 Å². The van der Waals surface area contributed by atoms with Crippen molar-refractivity contribution < 1.29 is 18.3 Å². The fourth-order valence-corrected chi connectivity index (χ4v) is 5.49. The zero-order valence-corrected chi connectivity index (χ0v) is 20.3. The minimum atomic E-state index is -3.54. The molecule has 160 valence electrons. The van der Waals surface area contributed by atoms with E-state index in [1.165, 1.54) is 22.7 Å². The number of nitrogens with zero attached hydrogens (tertiary/aromatic N) is 2. The third-order valence-corrected chi connectivity index (χ3v) is 7.32. The molecule has 1 fully saturated rings. The molecule has 1 saturated heterocycles. The molecule has 0 atom stereocenters. The minimum absolute atomic E-state index is 0.0553. The maximum atomic E-state index is 12.6. The molecule has 0 aromatic heterocycles. The molecule has 3 rings (SSSR count). The van der Waals surface area contributed by atoms with Crippen LogP contribution in [0.25, 0.3) is 0 Å². The van der Waals surface area contributed by atoms with Crippen LogP contribution in [0.4, 0.5) is 5.69 Å². The van der Waals surface area contributed by atoms with E-state index in [2.05, 4.69) is 47.7 Å². The number of hydrazone groups is 1. The molecule has 0 aliphatic carbocycles. The summed E-state index contributed by atoms with van der Waals surface area (Å²) in [7, 11) is -3.54. The van der Waals surface area contributed by atoms with Gasteiger partial charge in [0.2, 0.25) is 10.0 Å². The average Bonchev–Trinajstić information content (AvgIpc) is 2.72. The number of nitrogens with one attached hydrogen (secondary N) is 2. The molecule has 1 heterocycles. The predicted octanol–water partition coefficient (Wildman–Crippen LogP) is 3.26. The normalized spacial score (nSPS) is 15.3. The molecule has 0 spiro atoms. The van der Waals surface area contributed by atoms with Gasteiger partial charge in [-0.05, 0) is 64.5 Å². The van der Waals surface area contributed by atoms with Gasteiger partial charge in [0.15, 0.2) is 5.11 Å². The van der Waals surface area contributed by atoms with Gasteiger partial charge in [-0.2, -0.15) is 9.41 Å². The van der Waals surface area contributed by atoms with Crippen molar-refractivity contribution in [2.24, 2.45) is 5.10 Å². The molecular weight excluding hydrogens is 560 g/mol. The summed E-state index contributed by atoms with van der Waals surface area (Å²) in [5, 5.41) is 17.2. The van der Waals surface area contributed by atoms with E-state index in [4.69, 9.17) is 17.0 Å². The monoisotopic (exact) mass is 576 g/mol. The molecule has 8 nitrogen and oxygen atoms in total. The van der Waals surface area contributed by atoms with Crippen molar-refractivity contribution in [1.82, 2.24) is 9.73 Å². The van der Waals surface area contributed by atoms with Crippen LogP contribution in [-0.2, 0) is 14.8 Å². The van der Waals surface area contributed by atoms with Crippen LogP contribution in [0.15, 0.2) is 55.3 Å². The highest BCUT2D eigenvalue weighted by atomic mass is 79.9. The summed E-state index contributed by atoms with van der Waals surface area (Å²) >= 11 is 11.8. The summed E-state index contributed by atoms with van der Waals surface area (Å²) in [6.45, 7) is 1.49. The number of benzene rings is 2. The molecule has 3 N–H and O–H groups in total. The number of phenols is 1. The number of phenolic OH excluding ortho intramolecular Hbond substituents is 1. The quantitative estimate of drug-likeness (QED) is 0.285. The Bertz CT molecular complexity index is 1060. The molecule has 2 aromatic carbocycles. The molecule has 0 bridgehead atoms. The minimum Gasteiger partial charge on any atom is -0.506 e. The van der Waals surface area contributed by atoms with Gasteiger partial charge in [-0.25, -0.2) is 8.42 Å². The highest BCUT2D eigenvalue weighted by molar-refractivity contribution is 9.11. The molecule has 2 aromatic rings. The molecule has 0 amide bonds. The van der Waals surface area contributed by atoms with Crippen LogP contribution in [0, 0.1) is 0 Å². The van der Waals surface area contributed by atoms with Crippen molar-refractivity contribution in [3.05, 3.63) is 50.9 Å². The predicted molar refractivity (Wildman–Crippen MR) is 126 cm³/mol.